The summed E-state index contributed by atoms with van der Waals surface area (Å²) in [6.45, 7) is 10.6. The van der Waals surface area contributed by atoms with Crippen LogP contribution in [0.1, 0.15) is 33.6 Å². The lowest BCUT2D eigenvalue weighted by Gasteiger charge is -2.38. The van der Waals surface area contributed by atoms with Gasteiger partial charge in [-0.25, -0.2) is 0 Å². The zero-order valence-electron chi connectivity index (χ0n) is 12.5. The van der Waals surface area contributed by atoms with Crippen LogP contribution in [0.2, 0.25) is 0 Å². The molecule has 4 atom stereocenters. The summed E-state index contributed by atoms with van der Waals surface area (Å²) < 4.78 is 0. The molecule has 110 valence electrons. The first-order valence-electron chi connectivity index (χ1n) is 7.64. The molecule has 0 aromatic rings. The van der Waals surface area contributed by atoms with Crippen molar-refractivity contribution >= 4 is 5.91 Å². The Morgan fingerprint density at radius 2 is 1.79 bits per heavy atom. The van der Waals surface area contributed by atoms with Gasteiger partial charge in [-0.1, -0.05) is 20.8 Å². The molecule has 4 nitrogen and oxygen atoms in total. The lowest BCUT2D eigenvalue weighted by atomic mass is 9.92. The van der Waals surface area contributed by atoms with Crippen LogP contribution in [-0.4, -0.2) is 59.6 Å². The third-order valence-electron chi connectivity index (χ3n) is 4.52. The van der Waals surface area contributed by atoms with E-state index in [2.05, 4.69) is 25.7 Å². The Balaban J connectivity index is 1.83. The van der Waals surface area contributed by atoms with Gasteiger partial charge in [-0.2, -0.15) is 0 Å². The van der Waals surface area contributed by atoms with Crippen molar-refractivity contribution in [2.75, 3.05) is 32.7 Å². The molecule has 1 N–H and O–H groups in total. The summed E-state index contributed by atoms with van der Waals surface area (Å²) in [5.41, 5.74) is 0. The average molecular weight is 268 g/mol. The summed E-state index contributed by atoms with van der Waals surface area (Å²) in [6, 6.07) is 0. The Morgan fingerprint density at radius 3 is 2.37 bits per heavy atom. The lowest BCUT2D eigenvalue weighted by molar-refractivity contribution is -0.136. The Kier molecular flexibility index (Phi) is 4.85. The van der Waals surface area contributed by atoms with E-state index in [1.54, 1.807) is 0 Å². The first-order chi connectivity index (χ1) is 8.95. The molecule has 1 amide bonds. The van der Waals surface area contributed by atoms with Crippen LogP contribution in [0.25, 0.3) is 0 Å². The molecule has 2 aliphatic rings. The van der Waals surface area contributed by atoms with Crippen molar-refractivity contribution in [3.05, 3.63) is 0 Å². The minimum absolute atomic E-state index is 0.193. The SMILES string of the molecule is CC1CC(C)CN(C(=O)CN2CCC(O)C(C)C2)C1. The maximum Gasteiger partial charge on any atom is 0.236 e. The highest BCUT2D eigenvalue weighted by atomic mass is 16.3. The maximum absolute atomic E-state index is 12.4. The summed E-state index contributed by atoms with van der Waals surface area (Å²) in [7, 11) is 0. The lowest BCUT2D eigenvalue weighted by Crippen LogP contribution is -2.50. The second-order valence-electron chi connectivity index (χ2n) is 6.81. The Labute approximate surface area is 116 Å². The smallest absolute Gasteiger partial charge is 0.236 e. The number of amides is 1. The first kappa shape index (κ1) is 14.8. The molecule has 4 unspecified atom stereocenters. The molecule has 2 aliphatic heterocycles. The summed E-state index contributed by atoms with van der Waals surface area (Å²) in [4.78, 5) is 16.6. The van der Waals surface area contributed by atoms with Gasteiger partial charge in [-0.15, -0.1) is 0 Å². The summed E-state index contributed by atoms with van der Waals surface area (Å²) in [5.74, 6) is 1.78. The average Bonchev–Trinajstić information content (AvgIpc) is 2.32. The number of hydrogen-bond acceptors (Lipinski definition) is 3. The molecular weight excluding hydrogens is 240 g/mol. The number of piperidine rings is 2. The molecular formula is C15H28N2O2. The van der Waals surface area contributed by atoms with E-state index in [1.807, 2.05) is 4.90 Å². The van der Waals surface area contributed by atoms with Gasteiger partial charge < -0.3 is 10.0 Å². The predicted octanol–water partition coefficient (Wildman–Crippen LogP) is 1.19. The van der Waals surface area contributed by atoms with E-state index >= 15 is 0 Å². The molecule has 2 rings (SSSR count). The highest BCUT2D eigenvalue weighted by Crippen LogP contribution is 2.22. The van der Waals surface area contributed by atoms with E-state index < -0.39 is 0 Å². The number of likely N-dealkylation sites (tertiary alicyclic amines) is 2. The van der Waals surface area contributed by atoms with Crippen LogP contribution in [0.15, 0.2) is 0 Å². The van der Waals surface area contributed by atoms with Crippen molar-refractivity contribution in [2.45, 2.75) is 39.7 Å². The standard InChI is InChI=1S/C15H28N2O2/c1-11-6-12(2)8-17(7-11)15(19)10-16-5-4-14(18)13(3)9-16/h11-14,18H,4-10H2,1-3H3. The molecule has 0 aromatic carbocycles. The van der Waals surface area contributed by atoms with Crippen molar-refractivity contribution in [2.24, 2.45) is 17.8 Å². The molecule has 0 spiro atoms. The van der Waals surface area contributed by atoms with Crippen LogP contribution < -0.4 is 0 Å². The van der Waals surface area contributed by atoms with Crippen LogP contribution in [0.4, 0.5) is 0 Å². The van der Waals surface area contributed by atoms with Gasteiger partial charge in [0.05, 0.1) is 12.6 Å². The Morgan fingerprint density at radius 1 is 1.16 bits per heavy atom. The van der Waals surface area contributed by atoms with Crippen molar-refractivity contribution in [3.63, 3.8) is 0 Å². The monoisotopic (exact) mass is 268 g/mol. The molecule has 0 aliphatic carbocycles. The van der Waals surface area contributed by atoms with Gasteiger partial charge in [0.25, 0.3) is 0 Å². The minimum atomic E-state index is -0.193. The van der Waals surface area contributed by atoms with Crippen molar-refractivity contribution in [1.29, 1.82) is 0 Å². The van der Waals surface area contributed by atoms with E-state index in [0.29, 0.717) is 18.4 Å². The number of nitrogens with zero attached hydrogens (tertiary/aromatic N) is 2. The van der Waals surface area contributed by atoms with Crippen LogP contribution in [0.3, 0.4) is 0 Å². The van der Waals surface area contributed by atoms with Gasteiger partial charge in [0.1, 0.15) is 0 Å². The summed E-state index contributed by atoms with van der Waals surface area (Å²) in [5, 5.41) is 9.73. The van der Waals surface area contributed by atoms with Gasteiger partial charge in [0, 0.05) is 26.2 Å². The molecule has 4 heteroatoms. The van der Waals surface area contributed by atoms with Crippen LogP contribution in [-0.2, 0) is 4.79 Å². The van der Waals surface area contributed by atoms with Crippen LogP contribution in [0.5, 0.6) is 0 Å². The molecule has 2 fully saturated rings. The number of rotatable bonds is 2. The molecule has 2 saturated heterocycles. The number of hydrogen-bond donors (Lipinski definition) is 1. The normalized spacial score (nSPS) is 37.4. The molecule has 19 heavy (non-hydrogen) atoms. The number of carbonyl (C=O) groups excluding carboxylic acids is 1. The topological polar surface area (TPSA) is 43.8 Å². The molecule has 0 bridgehead atoms. The number of carbonyl (C=O) groups is 1. The second kappa shape index (κ2) is 6.23. The number of aliphatic hydroxyl groups excluding tert-OH is 1. The number of aliphatic hydroxyl groups is 1. The fourth-order valence-electron chi connectivity index (χ4n) is 3.52. The van der Waals surface area contributed by atoms with Crippen LogP contribution in [0, 0.1) is 17.8 Å². The minimum Gasteiger partial charge on any atom is -0.393 e. The third-order valence-corrected chi connectivity index (χ3v) is 4.52. The second-order valence-corrected chi connectivity index (χ2v) is 6.81. The van der Waals surface area contributed by atoms with E-state index in [9.17, 15) is 9.90 Å². The van der Waals surface area contributed by atoms with E-state index in [4.69, 9.17) is 0 Å². The highest BCUT2D eigenvalue weighted by molar-refractivity contribution is 5.78. The molecule has 0 aromatic heterocycles. The van der Waals surface area contributed by atoms with E-state index in [1.165, 1.54) is 6.42 Å². The van der Waals surface area contributed by atoms with Crippen molar-refractivity contribution < 1.29 is 9.90 Å². The van der Waals surface area contributed by atoms with Crippen LogP contribution >= 0.6 is 0 Å². The first-order valence-corrected chi connectivity index (χ1v) is 7.64. The summed E-state index contributed by atoms with van der Waals surface area (Å²) >= 11 is 0. The van der Waals surface area contributed by atoms with Gasteiger partial charge in [0.15, 0.2) is 0 Å². The fraction of sp³-hybridized carbons (Fsp3) is 0.933. The summed E-state index contributed by atoms with van der Waals surface area (Å²) in [6.07, 6.45) is 1.83. The molecule has 0 saturated carbocycles. The Hall–Kier alpha value is -0.610. The van der Waals surface area contributed by atoms with Gasteiger partial charge in [-0.3, -0.25) is 9.69 Å². The maximum atomic E-state index is 12.4. The molecule has 0 radical (unpaired) electrons. The highest BCUT2D eigenvalue weighted by Gasteiger charge is 2.29. The predicted molar refractivity (Wildman–Crippen MR) is 75.8 cm³/mol. The van der Waals surface area contributed by atoms with Crippen molar-refractivity contribution in [1.82, 2.24) is 9.80 Å². The zero-order valence-corrected chi connectivity index (χ0v) is 12.5. The van der Waals surface area contributed by atoms with Gasteiger partial charge in [-0.05, 0) is 30.6 Å². The molecule has 2 heterocycles. The van der Waals surface area contributed by atoms with Gasteiger partial charge >= 0.3 is 0 Å². The fourth-order valence-corrected chi connectivity index (χ4v) is 3.52. The largest absolute Gasteiger partial charge is 0.393 e. The van der Waals surface area contributed by atoms with Gasteiger partial charge in [0.2, 0.25) is 5.91 Å². The third kappa shape index (κ3) is 3.93. The quantitative estimate of drug-likeness (QED) is 0.818. The Bertz CT molecular complexity index is 311. The van der Waals surface area contributed by atoms with Crippen molar-refractivity contribution in [3.8, 4) is 0 Å². The van der Waals surface area contributed by atoms with E-state index in [0.717, 1.165) is 32.6 Å². The van der Waals surface area contributed by atoms with E-state index in [-0.39, 0.29) is 17.9 Å². The zero-order chi connectivity index (χ0) is 14.0.